The summed E-state index contributed by atoms with van der Waals surface area (Å²) < 4.78 is 32.5. The fourth-order valence-corrected chi connectivity index (χ4v) is 3.80. The minimum absolute atomic E-state index is 0.106. The molecule has 2 aromatic carbocycles. The van der Waals surface area contributed by atoms with Crippen LogP contribution >= 0.6 is 0 Å². The third kappa shape index (κ3) is 4.43. The Kier molecular flexibility index (Phi) is 5.64. The van der Waals surface area contributed by atoms with Gasteiger partial charge in [0.05, 0.1) is 12.7 Å². The Morgan fingerprint density at radius 3 is 2.28 bits per heavy atom. The molecular weight excluding hydrogens is 396 g/mol. The summed E-state index contributed by atoms with van der Waals surface area (Å²) in [6.45, 7) is 1.55. The number of nitrogens with one attached hydrogen (secondary N) is 3. The molecule has 0 aliphatic rings. The minimum atomic E-state index is -4.10. The Morgan fingerprint density at radius 1 is 1.00 bits per heavy atom. The number of nitrogens with zero attached hydrogens (tertiary/aromatic N) is 1. The number of methoxy groups -OCH3 is 1. The standard InChI is InChI=1S/C19H18N4O5S/c1-12-16(17(24)20-14-10-8-13(9-11-14)19(25)28-2)18(22-21-12)29(26,27)23-15-6-4-3-5-7-15/h3-11,23H,1-2H3,(H,20,24)(H,21,22). The molecule has 0 bridgehead atoms. The Bertz CT molecular complexity index is 1140. The third-order valence-electron chi connectivity index (χ3n) is 3.99. The molecule has 9 nitrogen and oxygen atoms in total. The number of esters is 1. The lowest BCUT2D eigenvalue weighted by atomic mass is 10.2. The van der Waals surface area contributed by atoms with Crippen molar-refractivity contribution in [2.45, 2.75) is 11.9 Å². The first-order chi connectivity index (χ1) is 13.8. The van der Waals surface area contributed by atoms with Crippen molar-refractivity contribution in [1.82, 2.24) is 10.2 Å². The monoisotopic (exact) mass is 414 g/mol. The number of aromatic nitrogens is 2. The SMILES string of the molecule is COC(=O)c1ccc(NC(=O)c2c(S(=O)(=O)Nc3ccccc3)n[nH]c2C)cc1. The number of aryl methyl sites for hydroxylation is 1. The lowest BCUT2D eigenvalue weighted by molar-refractivity contribution is 0.0600. The fourth-order valence-electron chi connectivity index (χ4n) is 2.58. The zero-order valence-electron chi connectivity index (χ0n) is 15.6. The van der Waals surface area contributed by atoms with E-state index in [1.807, 2.05) is 0 Å². The Hall–Kier alpha value is -3.66. The largest absolute Gasteiger partial charge is 0.465 e. The van der Waals surface area contributed by atoms with Crippen molar-refractivity contribution in [3.8, 4) is 0 Å². The molecule has 0 spiro atoms. The van der Waals surface area contributed by atoms with E-state index in [4.69, 9.17) is 0 Å². The van der Waals surface area contributed by atoms with Crippen molar-refractivity contribution < 1.29 is 22.7 Å². The van der Waals surface area contributed by atoms with Crippen LogP contribution in [0.15, 0.2) is 59.6 Å². The summed E-state index contributed by atoms with van der Waals surface area (Å²) in [6.07, 6.45) is 0. The lowest BCUT2D eigenvalue weighted by Crippen LogP contribution is -2.20. The quantitative estimate of drug-likeness (QED) is 0.532. The van der Waals surface area contributed by atoms with E-state index in [1.165, 1.54) is 31.4 Å². The van der Waals surface area contributed by atoms with Crippen LogP contribution in [0.25, 0.3) is 0 Å². The number of para-hydroxylation sites is 1. The summed E-state index contributed by atoms with van der Waals surface area (Å²) in [4.78, 5) is 24.2. The molecule has 10 heteroatoms. The van der Waals surface area contributed by atoms with E-state index in [-0.39, 0.29) is 5.56 Å². The van der Waals surface area contributed by atoms with Gasteiger partial charge in [-0.1, -0.05) is 18.2 Å². The number of aromatic amines is 1. The van der Waals surface area contributed by atoms with Crippen molar-refractivity contribution in [3.05, 3.63) is 71.4 Å². The smallest absolute Gasteiger partial charge is 0.337 e. The van der Waals surface area contributed by atoms with Crippen LogP contribution in [0.3, 0.4) is 0 Å². The summed E-state index contributed by atoms with van der Waals surface area (Å²) in [5, 5.41) is 8.52. The second kappa shape index (κ2) is 8.15. The molecule has 0 atom stereocenters. The van der Waals surface area contributed by atoms with Crippen LogP contribution < -0.4 is 10.0 Å². The summed E-state index contributed by atoms with van der Waals surface area (Å²) in [5.74, 6) is -1.16. The van der Waals surface area contributed by atoms with Gasteiger partial charge in [0.1, 0.15) is 5.56 Å². The van der Waals surface area contributed by atoms with Gasteiger partial charge in [0.15, 0.2) is 0 Å². The van der Waals surface area contributed by atoms with Gasteiger partial charge in [0.2, 0.25) is 5.03 Å². The molecule has 0 saturated carbocycles. The van der Waals surface area contributed by atoms with Gasteiger partial charge in [-0.15, -0.1) is 0 Å². The van der Waals surface area contributed by atoms with Gasteiger partial charge in [0.25, 0.3) is 15.9 Å². The molecule has 0 aliphatic carbocycles. The number of hydrogen-bond donors (Lipinski definition) is 3. The second-order valence-electron chi connectivity index (χ2n) is 6.02. The van der Waals surface area contributed by atoms with Gasteiger partial charge in [-0.25, -0.2) is 4.79 Å². The normalized spacial score (nSPS) is 11.0. The van der Waals surface area contributed by atoms with Crippen molar-refractivity contribution in [2.24, 2.45) is 0 Å². The minimum Gasteiger partial charge on any atom is -0.465 e. The van der Waals surface area contributed by atoms with Crippen LogP contribution in [0.2, 0.25) is 0 Å². The van der Waals surface area contributed by atoms with E-state index in [0.29, 0.717) is 22.6 Å². The average molecular weight is 414 g/mol. The maximum atomic E-state index is 12.7. The molecular formula is C19H18N4O5S. The van der Waals surface area contributed by atoms with Crippen LogP contribution in [0.1, 0.15) is 26.4 Å². The molecule has 0 radical (unpaired) electrons. The van der Waals surface area contributed by atoms with E-state index >= 15 is 0 Å². The highest BCUT2D eigenvalue weighted by Gasteiger charge is 2.28. The average Bonchev–Trinajstić information content (AvgIpc) is 3.11. The maximum absolute atomic E-state index is 12.7. The lowest BCUT2D eigenvalue weighted by Gasteiger charge is -2.09. The molecule has 150 valence electrons. The van der Waals surface area contributed by atoms with Gasteiger partial charge >= 0.3 is 5.97 Å². The number of hydrogen-bond acceptors (Lipinski definition) is 6. The first-order valence-corrected chi connectivity index (χ1v) is 9.92. The number of ether oxygens (including phenoxy) is 1. The highest BCUT2D eigenvalue weighted by Crippen LogP contribution is 2.21. The van der Waals surface area contributed by atoms with Gasteiger partial charge in [-0.2, -0.15) is 13.5 Å². The molecule has 0 unspecified atom stereocenters. The molecule has 0 fully saturated rings. The number of rotatable bonds is 6. The number of H-pyrrole nitrogens is 1. The first-order valence-electron chi connectivity index (χ1n) is 8.44. The van der Waals surface area contributed by atoms with Crippen molar-refractivity contribution >= 4 is 33.3 Å². The molecule has 1 aromatic heterocycles. The van der Waals surface area contributed by atoms with E-state index in [1.54, 1.807) is 37.3 Å². The van der Waals surface area contributed by atoms with Gasteiger partial charge in [0, 0.05) is 17.1 Å². The molecule has 0 aliphatic heterocycles. The number of carbonyl (C=O) groups excluding carboxylic acids is 2. The first kappa shape index (κ1) is 20.1. The topological polar surface area (TPSA) is 130 Å². The molecule has 3 aromatic rings. The predicted molar refractivity (Wildman–Crippen MR) is 106 cm³/mol. The van der Waals surface area contributed by atoms with Crippen LogP contribution in [-0.4, -0.2) is 37.6 Å². The highest BCUT2D eigenvalue weighted by molar-refractivity contribution is 7.92. The Balaban J connectivity index is 1.85. The number of benzene rings is 2. The molecule has 1 heterocycles. The van der Waals surface area contributed by atoms with Gasteiger partial charge < -0.3 is 10.1 Å². The van der Waals surface area contributed by atoms with E-state index < -0.39 is 26.9 Å². The van der Waals surface area contributed by atoms with E-state index in [0.717, 1.165) is 0 Å². The van der Waals surface area contributed by atoms with Crippen molar-refractivity contribution in [2.75, 3.05) is 17.1 Å². The number of carbonyl (C=O) groups is 2. The van der Waals surface area contributed by atoms with Crippen LogP contribution in [0.4, 0.5) is 11.4 Å². The Labute approximate surface area is 167 Å². The van der Waals surface area contributed by atoms with Gasteiger partial charge in [-0.3, -0.25) is 14.6 Å². The fraction of sp³-hybridized carbons (Fsp3) is 0.105. The zero-order chi connectivity index (χ0) is 21.0. The van der Waals surface area contributed by atoms with E-state index in [2.05, 4.69) is 25.0 Å². The number of sulfonamides is 1. The number of anilines is 2. The third-order valence-corrected chi connectivity index (χ3v) is 5.29. The summed E-state index contributed by atoms with van der Waals surface area (Å²) in [7, 11) is -2.83. The molecule has 3 N–H and O–H groups in total. The molecule has 3 rings (SSSR count). The van der Waals surface area contributed by atoms with Crippen LogP contribution in [-0.2, 0) is 14.8 Å². The maximum Gasteiger partial charge on any atom is 0.337 e. The molecule has 29 heavy (non-hydrogen) atoms. The summed E-state index contributed by atoms with van der Waals surface area (Å²) in [5.41, 5.74) is 1.23. The zero-order valence-corrected chi connectivity index (χ0v) is 16.4. The van der Waals surface area contributed by atoms with Crippen molar-refractivity contribution in [1.29, 1.82) is 0 Å². The summed E-state index contributed by atoms with van der Waals surface area (Å²) in [6, 6.07) is 14.3. The van der Waals surface area contributed by atoms with Crippen LogP contribution in [0.5, 0.6) is 0 Å². The van der Waals surface area contributed by atoms with E-state index in [9.17, 15) is 18.0 Å². The number of amides is 1. The van der Waals surface area contributed by atoms with Crippen molar-refractivity contribution in [3.63, 3.8) is 0 Å². The van der Waals surface area contributed by atoms with Gasteiger partial charge in [-0.05, 0) is 43.3 Å². The molecule has 1 amide bonds. The molecule has 0 saturated heterocycles. The Morgan fingerprint density at radius 2 is 1.66 bits per heavy atom. The summed E-state index contributed by atoms with van der Waals surface area (Å²) >= 11 is 0. The predicted octanol–water partition coefficient (Wildman–Crippen LogP) is 2.56. The van der Waals surface area contributed by atoms with Crippen LogP contribution in [0, 0.1) is 6.92 Å². The second-order valence-corrected chi connectivity index (χ2v) is 7.62. The highest BCUT2D eigenvalue weighted by atomic mass is 32.2.